The van der Waals surface area contributed by atoms with E-state index in [-0.39, 0.29) is 6.10 Å². The maximum absolute atomic E-state index is 6.24. The van der Waals surface area contributed by atoms with E-state index >= 15 is 0 Å². The molecule has 0 amide bonds. The molecule has 0 saturated heterocycles. The Kier molecular flexibility index (Phi) is 5.72. The van der Waals surface area contributed by atoms with Crippen molar-refractivity contribution < 1.29 is 9.47 Å². The van der Waals surface area contributed by atoms with Crippen LogP contribution in [-0.2, 0) is 0 Å². The standard InChI is InChI=1S/C17H27NO2/c1-4-13-9-10-16(18-3)17(11-13)20-15-8-6-7-14(12-15)19-5-2/h6-8,12-13,16-18H,4-5,9-11H2,1-3H3. The smallest absolute Gasteiger partial charge is 0.123 e. The summed E-state index contributed by atoms with van der Waals surface area (Å²) in [6, 6.07) is 8.43. The van der Waals surface area contributed by atoms with Crippen LogP contribution in [0.2, 0.25) is 0 Å². The fraction of sp³-hybridized carbons (Fsp3) is 0.647. The van der Waals surface area contributed by atoms with E-state index in [0.29, 0.717) is 12.6 Å². The predicted molar refractivity (Wildman–Crippen MR) is 82.5 cm³/mol. The average Bonchev–Trinajstić information content (AvgIpc) is 2.48. The van der Waals surface area contributed by atoms with Gasteiger partial charge in [0.15, 0.2) is 0 Å². The van der Waals surface area contributed by atoms with E-state index < -0.39 is 0 Å². The highest BCUT2D eigenvalue weighted by atomic mass is 16.5. The molecule has 0 heterocycles. The summed E-state index contributed by atoms with van der Waals surface area (Å²) in [7, 11) is 2.03. The van der Waals surface area contributed by atoms with Crippen LogP contribution in [0.5, 0.6) is 11.5 Å². The summed E-state index contributed by atoms with van der Waals surface area (Å²) in [6.45, 7) is 4.96. The van der Waals surface area contributed by atoms with Gasteiger partial charge in [-0.2, -0.15) is 0 Å². The van der Waals surface area contributed by atoms with E-state index in [0.717, 1.165) is 23.8 Å². The van der Waals surface area contributed by atoms with Gasteiger partial charge in [-0.15, -0.1) is 0 Å². The minimum atomic E-state index is 0.260. The highest BCUT2D eigenvalue weighted by molar-refractivity contribution is 5.33. The maximum atomic E-state index is 6.24. The lowest BCUT2D eigenvalue weighted by Crippen LogP contribution is -2.45. The molecule has 0 aliphatic heterocycles. The Bertz CT molecular complexity index is 408. The zero-order chi connectivity index (χ0) is 14.4. The van der Waals surface area contributed by atoms with Crippen molar-refractivity contribution >= 4 is 0 Å². The van der Waals surface area contributed by atoms with Gasteiger partial charge in [-0.1, -0.05) is 19.4 Å². The first kappa shape index (κ1) is 15.2. The largest absolute Gasteiger partial charge is 0.494 e. The van der Waals surface area contributed by atoms with E-state index in [1.807, 2.05) is 38.2 Å². The number of benzene rings is 1. The van der Waals surface area contributed by atoms with E-state index in [1.165, 1.54) is 19.3 Å². The number of hydrogen-bond donors (Lipinski definition) is 1. The fourth-order valence-corrected chi connectivity index (χ4v) is 3.02. The zero-order valence-corrected chi connectivity index (χ0v) is 12.9. The van der Waals surface area contributed by atoms with Crippen LogP contribution < -0.4 is 14.8 Å². The van der Waals surface area contributed by atoms with Gasteiger partial charge in [-0.3, -0.25) is 0 Å². The number of hydrogen-bond acceptors (Lipinski definition) is 3. The van der Waals surface area contributed by atoms with Crippen molar-refractivity contribution in [1.82, 2.24) is 5.32 Å². The van der Waals surface area contributed by atoms with Crippen molar-refractivity contribution in [2.45, 2.75) is 51.7 Å². The van der Waals surface area contributed by atoms with Gasteiger partial charge < -0.3 is 14.8 Å². The number of ether oxygens (including phenoxy) is 2. The molecule has 1 aliphatic rings. The third-order valence-electron chi connectivity index (χ3n) is 4.25. The molecule has 0 radical (unpaired) electrons. The molecule has 20 heavy (non-hydrogen) atoms. The molecular formula is C17H27NO2. The molecule has 0 aromatic heterocycles. The van der Waals surface area contributed by atoms with Gasteiger partial charge in [0.1, 0.15) is 17.6 Å². The third kappa shape index (κ3) is 3.89. The van der Waals surface area contributed by atoms with Crippen LogP contribution in [0.4, 0.5) is 0 Å². The zero-order valence-electron chi connectivity index (χ0n) is 12.9. The van der Waals surface area contributed by atoms with Crippen molar-refractivity contribution in [3.05, 3.63) is 24.3 Å². The van der Waals surface area contributed by atoms with Crippen LogP contribution >= 0.6 is 0 Å². The second-order valence-electron chi connectivity index (χ2n) is 5.55. The Balaban J connectivity index is 2.03. The summed E-state index contributed by atoms with van der Waals surface area (Å²) in [4.78, 5) is 0. The van der Waals surface area contributed by atoms with E-state index in [2.05, 4.69) is 12.2 Å². The monoisotopic (exact) mass is 277 g/mol. The van der Waals surface area contributed by atoms with Crippen LogP contribution in [0.1, 0.15) is 39.5 Å². The molecule has 2 rings (SSSR count). The lowest BCUT2D eigenvalue weighted by Gasteiger charge is -2.35. The molecule has 3 atom stereocenters. The van der Waals surface area contributed by atoms with Gasteiger partial charge in [0.25, 0.3) is 0 Å². The molecule has 3 unspecified atom stereocenters. The summed E-state index contributed by atoms with van der Waals surface area (Å²) in [5, 5.41) is 3.40. The molecule has 1 aromatic rings. The van der Waals surface area contributed by atoms with Gasteiger partial charge in [0.05, 0.1) is 6.61 Å². The van der Waals surface area contributed by atoms with Crippen LogP contribution in [0.3, 0.4) is 0 Å². The molecule has 1 aliphatic carbocycles. The second-order valence-corrected chi connectivity index (χ2v) is 5.55. The maximum Gasteiger partial charge on any atom is 0.123 e. The van der Waals surface area contributed by atoms with Gasteiger partial charge in [-0.05, 0) is 51.3 Å². The topological polar surface area (TPSA) is 30.5 Å². The fourth-order valence-electron chi connectivity index (χ4n) is 3.02. The molecule has 1 N–H and O–H groups in total. The summed E-state index contributed by atoms with van der Waals surface area (Å²) >= 11 is 0. The Morgan fingerprint density at radius 3 is 2.70 bits per heavy atom. The van der Waals surface area contributed by atoms with Crippen LogP contribution in [0, 0.1) is 5.92 Å². The van der Waals surface area contributed by atoms with Gasteiger partial charge >= 0.3 is 0 Å². The molecule has 0 bridgehead atoms. The molecule has 112 valence electrons. The number of likely N-dealkylation sites (N-methyl/N-ethyl adjacent to an activating group) is 1. The molecule has 1 saturated carbocycles. The molecule has 0 spiro atoms. The van der Waals surface area contributed by atoms with Crippen molar-refractivity contribution in [3.63, 3.8) is 0 Å². The summed E-state index contributed by atoms with van der Waals surface area (Å²) in [5.41, 5.74) is 0. The SMILES string of the molecule is CCOc1cccc(OC2CC(CC)CCC2NC)c1. The summed E-state index contributed by atoms with van der Waals surface area (Å²) < 4.78 is 11.8. The van der Waals surface area contributed by atoms with Gasteiger partial charge in [-0.25, -0.2) is 0 Å². The number of rotatable bonds is 6. The first-order valence-corrected chi connectivity index (χ1v) is 7.83. The lowest BCUT2D eigenvalue weighted by molar-refractivity contribution is 0.0880. The Labute approximate surface area is 122 Å². The lowest BCUT2D eigenvalue weighted by atomic mass is 9.82. The van der Waals surface area contributed by atoms with Crippen molar-refractivity contribution in [3.8, 4) is 11.5 Å². The molecule has 1 fully saturated rings. The molecule has 1 aromatic carbocycles. The van der Waals surface area contributed by atoms with E-state index in [4.69, 9.17) is 9.47 Å². The van der Waals surface area contributed by atoms with Crippen LogP contribution in [0.15, 0.2) is 24.3 Å². The minimum absolute atomic E-state index is 0.260. The Morgan fingerprint density at radius 1 is 1.20 bits per heavy atom. The molecular weight excluding hydrogens is 250 g/mol. The highest BCUT2D eigenvalue weighted by Gasteiger charge is 2.30. The van der Waals surface area contributed by atoms with Gasteiger partial charge in [0, 0.05) is 12.1 Å². The third-order valence-corrected chi connectivity index (χ3v) is 4.25. The summed E-state index contributed by atoms with van der Waals surface area (Å²) in [5.74, 6) is 2.59. The van der Waals surface area contributed by atoms with Crippen LogP contribution in [0.25, 0.3) is 0 Å². The Hall–Kier alpha value is -1.22. The van der Waals surface area contributed by atoms with Crippen molar-refractivity contribution in [2.75, 3.05) is 13.7 Å². The molecule has 3 heteroatoms. The van der Waals surface area contributed by atoms with Crippen LogP contribution in [-0.4, -0.2) is 25.8 Å². The highest BCUT2D eigenvalue weighted by Crippen LogP contribution is 2.30. The second kappa shape index (κ2) is 7.53. The molecule has 3 nitrogen and oxygen atoms in total. The van der Waals surface area contributed by atoms with Gasteiger partial charge in [0.2, 0.25) is 0 Å². The van der Waals surface area contributed by atoms with Crippen molar-refractivity contribution in [1.29, 1.82) is 0 Å². The predicted octanol–water partition coefficient (Wildman–Crippen LogP) is 3.63. The van der Waals surface area contributed by atoms with E-state index in [9.17, 15) is 0 Å². The first-order valence-electron chi connectivity index (χ1n) is 7.83. The average molecular weight is 277 g/mol. The normalized spacial score (nSPS) is 26.2. The minimum Gasteiger partial charge on any atom is -0.494 e. The summed E-state index contributed by atoms with van der Waals surface area (Å²) in [6.07, 6.45) is 5.15. The number of nitrogens with one attached hydrogen (secondary N) is 1. The quantitative estimate of drug-likeness (QED) is 0.861. The first-order chi connectivity index (χ1) is 9.76. The van der Waals surface area contributed by atoms with E-state index in [1.54, 1.807) is 0 Å². The Morgan fingerprint density at radius 2 is 2.00 bits per heavy atom. The van der Waals surface area contributed by atoms with Crippen molar-refractivity contribution in [2.24, 2.45) is 5.92 Å².